The lowest BCUT2D eigenvalue weighted by molar-refractivity contribution is 0.0734. The maximum Gasteiger partial charge on any atom is 0.343 e. The van der Waals surface area contributed by atoms with Crippen LogP contribution in [0.4, 0.5) is 0 Å². The van der Waals surface area contributed by atoms with Crippen LogP contribution in [0, 0.1) is 0 Å². The minimum Gasteiger partial charge on any atom is -0.422 e. The maximum atomic E-state index is 12.3. The quantitative estimate of drug-likeness (QED) is 0.278. The summed E-state index contributed by atoms with van der Waals surface area (Å²) in [6, 6.07) is 19.8. The molecule has 0 aliphatic carbocycles. The van der Waals surface area contributed by atoms with Crippen molar-refractivity contribution in [1.82, 2.24) is 5.43 Å². The molecule has 5 nitrogen and oxygen atoms in total. The van der Waals surface area contributed by atoms with Crippen molar-refractivity contribution in [2.75, 3.05) is 0 Å². The normalized spacial score (nSPS) is 10.6. The summed E-state index contributed by atoms with van der Waals surface area (Å²) in [4.78, 5) is 24.4. The summed E-state index contributed by atoms with van der Waals surface area (Å²) >= 11 is 11.8. The Morgan fingerprint density at radius 3 is 2.32 bits per heavy atom. The van der Waals surface area contributed by atoms with Gasteiger partial charge < -0.3 is 4.74 Å². The van der Waals surface area contributed by atoms with Gasteiger partial charge in [0.25, 0.3) is 5.91 Å². The number of para-hydroxylation sites is 1. The van der Waals surface area contributed by atoms with Crippen LogP contribution < -0.4 is 10.2 Å². The van der Waals surface area contributed by atoms with Gasteiger partial charge in [0.1, 0.15) is 5.75 Å². The van der Waals surface area contributed by atoms with Crippen LogP contribution in [0.2, 0.25) is 10.0 Å². The van der Waals surface area contributed by atoms with Crippen molar-refractivity contribution in [3.8, 4) is 5.75 Å². The Balaban J connectivity index is 1.70. The summed E-state index contributed by atoms with van der Waals surface area (Å²) in [5.41, 5.74) is 3.59. The molecule has 0 unspecified atom stereocenters. The molecule has 7 heteroatoms. The number of ether oxygens (including phenoxy) is 1. The van der Waals surface area contributed by atoms with Crippen LogP contribution in [0.5, 0.6) is 5.75 Å². The number of amides is 1. The molecule has 0 fully saturated rings. The SMILES string of the molecule is O=C(Oc1ccccc1/C=N\NC(=O)c1ccccc1Cl)c1ccc(Cl)cc1. The summed E-state index contributed by atoms with van der Waals surface area (Å²) in [6.45, 7) is 0. The van der Waals surface area contributed by atoms with E-state index in [1.165, 1.54) is 6.21 Å². The number of hydrogen-bond acceptors (Lipinski definition) is 4. The first kappa shape index (κ1) is 19.6. The molecule has 28 heavy (non-hydrogen) atoms. The largest absolute Gasteiger partial charge is 0.422 e. The van der Waals surface area contributed by atoms with E-state index in [2.05, 4.69) is 10.5 Å². The molecular weight excluding hydrogens is 399 g/mol. The second kappa shape index (κ2) is 9.17. The molecule has 3 aromatic carbocycles. The number of rotatable bonds is 5. The average Bonchev–Trinajstić information content (AvgIpc) is 2.70. The molecule has 3 rings (SSSR count). The highest BCUT2D eigenvalue weighted by Gasteiger charge is 2.11. The predicted octanol–water partition coefficient (Wildman–Crippen LogP) is 4.98. The van der Waals surface area contributed by atoms with Gasteiger partial charge in [-0.3, -0.25) is 4.79 Å². The lowest BCUT2D eigenvalue weighted by Gasteiger charge is -2.07. The molecule has 0 radical (unpaired) electrons. The smallest absolute Gasteiger partial charge is 0.343 e. The first-order valence-electron chi connectivity index (χ1n) is 8.19. The monoisotopic (exact) mass is 412 g/mol. The van der Waals surface area contributed by atoms with Gasteiger partial charge in [0.2, 0.25) is 0 Å². The van der Waals surface area contributed by atoms with Gasteiger partial charge in [0.05, 0.1) is 22.4 Å². The van der Waals surface area contributed by atoms with Crippen molar-refractivity contribution in [3.63, 3.8) is 0 Å². The third kappa shape index (κ3) is 4.97. The second-order valence-electron chi connectivity index (χ2n) is 5.61. The summed E-state index contributed by atoms with van der Waals surface area (Å²) in [7, 11) is 0. The Morgan fingerprint density at radius 2 is 1.57 bits per heavy atom. The van der Waals surface area contributed by atoms with Crippen LogP contribution in [0.15, 0.2) is 77.9 Å². The molecule has 3 aromatic rings. The molecule has 0 atom stereocenters. The Bertz CT molecular complexity index is 1030. The van der Waals surface area contributed by atoms with E-state index in [4.69, 9.17) is 27.9 Å². The number of esters is 1. The molecule has 0 heterocycles. The Labute approximate surface area is 171 Å². The highest BCUT2D eigenvalue weighted by molar-refractivity contribution is 6.33. The van der Waals surface area contributed by atoms with Gasteiger partial charge in [0, 0.05) is 10.6 Å². The molecule has 0 spiro atoms. The summed E-state index contributed by atoms with van der Waals surface area (Å²) in [5.74, 6) is -0.673. The number of nitrogens with zero attached hydrogens (tertiary/aromatic N) is 1. The van der Waals surface area contributed by atoms with Gasteiger partial charge in [-0.15, -0.1) is 0 Å². The maximum absolute atomic E-state index is 12.3. The minimum absolute atomic E-state index is 0.304. The molecule has 0 saturated heterocycles. The van der Waals surface area contributed by atoms with E-state index in [1.807, 2.05) is 0 Å². The van der Waals surface area contributed by atoms with Crippen molar-refractivity contribution in [1.29, 1.82) is 0 Å². The molecule has 1 amide bonds. The zero-order chi connectivity index (χ0) is 19.9. The fourth-order valence-corrected chi connectivity index (χ4v) is 2.64. The highest BCUT2D eigenvalue weighted by Crippen LogP contribution is 2.19. The van der Waals surface area contributed by atoms with Crippen molar-refractivity contribution >= 4 is 41.3 Å². The molecule has 140 valence electrons. The van der Waals surface area contributed by atoms with Gasteiger partial charge in [-0.25, -0.2) is 10.2 Å². The van der Waals surface area contributed by atoms with Crippen molar-refractivity contribution < 1.29 is 14.3 Å². The molecule has 0 saturated carbocycles. The van der Waals surface area contributed by atoms with E-state index in [0.29, 0.717) is 32.5 Å². The fraction of sp³-hybridized carbons (Fsp3) is 0. The van der Waals surface area contributed by atoms with Gasteiger partial charge >= 0.3 is 5.97 Å². The topological polar surface area (TPSA) is 67.8 Å². The number of nitrogens with one attached hydrogen (secondary N) is 1. The Hall–Kier alpha value is -3.15. The average molecular weight is 413 g/mol. The number of carbonyl (C=O) groups is 2. The van der Waals surface area contributed by atoms with Gasteiger partial charge in [-0.2, -0.15) is 5.10 Å². The van der Waals surface area contributed by atoms with E-state index in [9.17, 15) is 9.59 Å². The lowest BCUT2D eigenvalue weighted by atomic mass is 10.2. The zero-order valence-electron chi connectivity index (χ0n) is 14.4. The number of hydrogen-bond donors (Lipinski definition) is 1. The molecule has 0 bridgehead atoms. The Kier molecular flexibility index (Phi) is 6.42. The first-order chi connectivity index (χ1) is 13.5. The standard InChI is InChI=1S/C21H14Cl2N2O3/c22-16-11-9-14(10-12-16)21(27)28-19-8-4-1-5-15(19)13-24-25-20(26)17-6-2-3-7-18(17)23/h1-13H,(H,25,26)/b24-13-. The van der Waals surface area contributed by atoms with E-state index >= 15 is 0 Å². The van der Waals surface area contributed by atoms with Gasteiger partial charge in [-0.05, 0) is 48.5 Å². The number of carbonyl (C=O) groups excluding carboxylic acids is 2. The van der Waals surface area contributed by atoms with Crippen LogP contribution in [0.1, 0.15) is 26.3 Å². The van der Waals surface area contributed by atoms with E-state index < -0.39 is 11.9 Å². The number of halogens is 2. The third-order valence-corrected chi connectivity index (χ3v) is 4.27. The van der Waals surface area contributed by atoms with Gasteiger partial charge in [0.15, 0.2) is 0 Å². The highest BCUT2D eigenvalue weighted by atomic mass is 35.5. The van der Waals surface area contributed by atoms with Crippen molar-refractivity contribution in [3.05, 3.63) is 99.5 Å². The van der Waals surface area contributed by atoms with E-state index in [0.717, 1.165) is 0 Å². The third-order valence-electron chi connectivity index (χ3n) is 3.69. The molecular formula is C21H14Cl2N2O3. The summed E-state index contributed by atoms with van der Waals surface area (Å²) in [5, 5.41) is 4.77. The second-order valence-corrected chi connectivity index (χ2v) is 6.46. The number of benzene rings is 3. The summed E-state index contributed by atoms with van der Waals surface area (Å²) in [6.07, 6.45) is 1.39. The molecule has 1 N–H and O–H groups in total. The zero-order valence-corrected chi connectivity index (χ0v) is 15.9. The van der Waals surface area contributed by atoms with E-state index in [-0.39, 0.29) is 0 Å². The predicted molar refractivity (Wildman–Crippen MR) is 109 cm³/mol. The lowest BCUT2D eigenvalue weighted by Crippen LogP contribution is -2.18. The van der Waals surface area contributed by atoms with Crippen molar-refractivity contribution in [2.45, 2.75) is 0 Å². The fourth-order valence-electron chi connectivity index (χ4n) is 2.29. The van der Waals surface area contributed by atoms with Crippen LogP contribution in [0.3, 0.4) is 0 Å². The first-order valence-corrected chi connectivity index (χ1v) is 8.95. The van der Waals surface area contributed by atoms with Crippen LogP contribution in [0.25, 0.3) is 0 Å². The van der Waals surface area contributed by atoms with Crippen LogP contribution in [-0.4, -0.2) is 18.1 Å². The molecule has 0 aromatic heterocycles. The number of hydrazone groups is 1. The van der Waals surface area contributed by atoms with Crippen LogP contribution in [-0.2, 0) is 0 Å². The van der Waals surface area contributed by atoms with Gasteiger partial charge in [-0.1, -0.05) is 47.5 Å². The molecule has 0 aliphatic heterocycles. The molecule has 0 aliphatic rings. The summed E-state index contributed by atoms with van der Waals surface area (Å²) < 4.78 is 5.43. The van der Waals surface area contributed by atoms with Crippen LogP contribution >= 0.6 is 23.2 Å². The van der Waals surface area contributed by atoms with Crippen molar-refractivity contribution in [2.24, 2.45) is 5.10 Å². The Morgan fingerprint density at radius 1 is 0.893 bits per heavy atom. The van der Waals surface area contributed by atoms with E-state index in [1.54, 1.807) is 72.8 Å². The minimum atomic E-state index is -0.530.